The number of nitriles is 1. The Hall–Kier alpha value is -1.58. The number of anilines is 1. The number of thiazole rings is 1. The lowest BCUT2D eigenvalue weighted by Crippen LogP contribution is -2.26. The van der Waals surface area contributed by atoms with Crippen LogP contribution in [0.1, 0.15) is 0 Å². The summed E-state index contributed by atoms with van der Waals surface area (Å²) in [5.74, 6) is -0.142. The van der Waals surface area contributed by atoms with E-state index in [-0.39, 0.29) is 5.57 Å². The topological polar surface area (TPSA) is 77.8 Å². The fourth-order valence-electron chi connectivity index (χ4n) is 0.833. The predicted octanol–water partition coefficient (Wildman–Crippen LogP) is 1.32. The van der Waals surface area contributed by atoms with Gasteiger partial charge in [-0.25, -0.2) is 4.98 Å². The number of aromatic nitrogens is 1. The van der Waals surface area contributed by atoms with Gasteiger partial charge < -0.3 is 10.6 Å². The Morgan fingerprint density at radius 3 is 3.12 bits per heavy atom. The second-order valence-electron chi connectivity index (χ2n) is 2.60. The van der Waals surface area contributed by atoms with E-state index in [1.54, 1.807) is 17.6 Å². The molecule has 0 fully saturated rings. The molecule has 5 nitrogen and oxygen atoms in total. The number of hydrogen-bond acceptors (Lipinski definition) is 5. The van der Waals surface area contributed by atoms with Crippen LogP contribution in [-0.2, 0) is 4.79 Å². The molecule has 1 heterocycles. The molecule has 1 amide bonds. The Labute approximate surface area is 102 Å². The van der Waals surface area contributed by atoms with Crippen LogP contribution in [0.3, 0.4) is 0 Å². The molecule has 0 radical (unpaired) electrons. The third-order valence-corrected chi connectivity index (χ3v) is 2.41. The quantitative estimate of drug-likeness (QED) is 0.473. The van der Waals surface area contributed by atoms with Gasteiger partial charge in [0.1, 0.15) is 11.6 Å². The standard InChI is InChI=1S/C9H9ClN4OS/c10-1-2-12-8(15)7(5-11)6-14-9-13-3-4-16-9/h3-4,6H,1-2H2,(H,12,15)(H,13,14)/b7-6-. The van der Waals surface area contributed by atoms with E-state index in [1.165, 1.54) is 17.5 Å². The van der Waals surface area contributed by atoms with Crippen molar-refractivity contribution in [1.82, 2.24) is 10.3 Å². The van der Waals surface area contributed by atoms with Crippen LogP contribution in [0.15, 0.2) is 23.3 Å². The summed E-state index contributed by atoms with van der Waals surface area (Å²) in [7, 11) is 0. The van der Waals surface area contributed by atoms with Gasteiger partial charge in [0.25, 0.3) is 5.91 Å². The van der Waals surface area contributed by atoms with Crippen LogP contribution in [0.2, 0.25) is 0 Å². The highest BCUT2D eigenvalue weighted by Gasteiger charge is 2.07. The van der Waals surface area contributed by atoms with E-state index in [0.29, 0.717) is 17.6 Å². The summed E-state index contributed by atoms with van der Waals surface area (Å²) in [5, 5.41) is 16.4. The molecule has 84 valence electrons. The lowest BCUT2D eigenvalue weighted by molar-refractivity contribution is -0.117. The van der Waals surface area contributed by atoms with Gasteiger partial charge in [-0.3, -0.25) is 4.79 Å². The lowest BCUT2D eigenvalue weighted by atomic mass is 10.3. The zero-order valence-electron chi connectivity index (χ0n) is 8.24. The van der Waals surface area contributed by atoms with Gasteiger partial charge >= 0.3 is 0 Å². The Kier molecular flexibility index (Phi) is 5.32. The number of hydrogen-bond donors (Lipinski definition) is 2. The fourth-order valence-corrected chi connectivity index (χ4v) is 1.43. The zero-order valence-corrected chi connectivity index (χ0v) is 9.81. The minimum atomic E-state index is -0.452. The molecule has 0 aliphatic carbocycles. The molecule has 0 spiro atoms. The van der Waals surface area contributed by atoms with E-state index in [0.717, 1.165) is 0 Å². The molecule has 0 saturated carbocycles. The smallest absolute Gasteiger partial charge is 0.263 e. The zero-order chi connectivity index (χ0) is 11.8. The van der Waals surface area contributed by atoms with Crippen LogP contribution in [0.25, 0.3) is 0 Å². The largest absolute Gasteiger partial charge is 0.350 e. The van der Waals surface area contributed by atoms with Gasteiger partial charge in [0.15, 0.2) is 5.13 Å². The average molecular weight is 257 g/mol. The molecule has 2 N–H and O–H groups in total. The van der Waals surface area contributed by atoms with E-state index < -0.39 is 5.91 Å². The van der Waals surface area contributed by atoms with Gasteiger partial charge in [0, 0.05) is 30.2 Å². The van der Waals surface area contributed by atoms with Crippen LogP contribution in [-0.4, -0.2) is 23.3 Å². The fraction of sp³-hybridized carbons (Fsp3) is 0.222. The highest BCUT2D eigenvalue weighted by molar-refractivity contribution is 7.13. The summed E-state index contributed by atoms with van der Waals surface area (Å²) in [4.78, 5) is 15.3. The van der Waals surface area contributed by atoms with E-state index in [1.807, 2.05) is 0 Å². The number of halogens is 1. The molecule has 0 bridgehead atoms. The Balaban J connectivity index is 2.57. The molecule has 7 heteroatoms. The first kappa shape index (κ1) is 12.5. The number of carbonyl (C=O) groups is 1. The predicted molar refractivity (Wildman–Crippen MR) is 63.2 cm³/mol. The number of nitrogens with zero attached hydrogens (tertiary/aromatic N) is 2. The number of rotatable bonds is 5. The molecule has 1 aromatic rings. The van der Waals surface area contributed by atoms with Crippen molar-refractivity contribution in [2.75, 3.05) is 17.7 Å². The van der Waals surface area contributed by atoms with Gasteiger partial charge in [-0.05, 0) is 0 Å². The summed E-state index contributed by atoms with van der Waals surface area (Å²) in [6.45, 7) is 0.330. The van der Waals surface area contributed by atoms with Crippen molar-refractivity contribution >= 4 is 34.0 Å². The first-order valence-electron chi connectivity index (χ1n) is 4.38. The molecule has 0 aliphatic rings. The van der Waals surface area contributed by atoms with Crippen LogP contribution < -0.4 is 10.6 Å². The molecule has 0 atom stereocenters. The summed E-state index contributed by atoms with van der Waals surface area (Å²) >= 11 is 6.79. The number of alkyl halides is 1. The monoisotopic (exact) mass is 256 g/mol. The minimum Gasteiger partial charge on any atom is -0.350 e. The number of nitrogens with one attached hydrogen (secondary N) is 2. The Morgan fingerprint density at radius 2 is 2.56 bits per heavy atom. The second-order valence-corrected chi connectivity index (χ2v) is 3.87. The van der Waals surface area contributed by atoms with Gasteiger partial charge in [-0.15, -0.1) is 22.9 Å². The third kappa shape index (κ3) is 3.88. The second kappa shape index (κ2) is 6.82. The van der Waals surface area contributed by atoms with Crippen molar-refractivity contribution in [3.05, 3.63) is 23.3 Å². The molecular weight excluding hydrogens is 248 g/mol. The highest BCUT2D eigenvalue weighted by Crippen LogP contribution is 2.10. The number of amides is 1. The first-order chi connectivity index (χ1) is 7.77. The van der Waals surface area contributed by atoms with Gasteiger partial charge in [-0.1, -0.05) is 0 Å². The summed E-state index contributed by atoms with van der Waals surface area (Å²) < 4.78 is 0. The lowest BCUT2D eigenvalue weighted by Gasteiger charge is -2.01. The molecule has 1 rings (SSSR count). The van der Waals surface area contributed by atoms with Crippen molar-refractivity contribution in [3.63, 3.8) is 0 Å². The van der Waals surface area contributed by atoms with Crippen molar-refractivity contribution in [3.8, 4) is 6.07 Å². The van der Waals surface area contributed by atoms with Crippen LogP contribution >= 0.6 is 22.9 Å². The molecule has 16 heavy (non-hydrogen) atoms. The van der Waals surface area contributed by atoms with Crippen molar-refractivity contribution in [2.24, 2.45) is 0 Å². The summed E-state index contributed by atoms with van der Waals surface area (Å²) in [6, 6.07) is 1.79. The van der Waals surface area contributed by atoms with Gasteiger partial charge in [0.2, 0.25) is 0 Å². The molecule has 1 aromatic heterocycles. The average Bonchev–Trinajstić information content (AvgIpc) is 2.80. The third-order valence-electron chi connectivity index (χ3n) is 1.52. The van der Waals surface area contributed by atoms with E-state index in [9.17, 15) is 4.79 Å². The molecular formula is C9H9ClN4OS. The summed E-state index contributed by atoms with van der Waals surface area (Å²) in [5.41, 5.74) is -0.0136. The Bertz CT molecular complexity index is 410. The van der Waals surface area contributed by atoms with Crippen molar-refractivity contribution in [1.29, 1.82) is 5.26 Å². The van der Waals surface area contributed by atoms with E-state index >= 15 is 0 Å². The molecule has 0 saturated heterocycles. The maximum Gasteiger partial charge on any atom is 0.263 e. The minimum absolute atomic E-state index is 0.0136. The SMILES string of the molecule is N#C/C(=C/Nc1nccs1)C(=O)NCCCl. The van der Waals surface area contributed by atoms with E-state index in [4.69, 9.17) is 16.9 Å². The highest BCUT2D eigenvalue weighted by atomic mass is 35.5. The maximum absolute atomic E-state index is 11.4. The van der Waals surface area contributed by atoms with E-state index in [2.05, 4.69) is 15.6 Å². The van der Waals surface area contributed by atoms with Crippen molar-refractivity contribution < 1.29 is 4.79 Å². The summed E-state index contributed by atoms with van der Waals surface area (Å²) in [6.07, 6.45) is 2.95. The molecule has 0 aromatic carbocycles. The normalized spacial score (nSPS) is 10.6. The van der Waals surface area contributed by atoms with Crippen LogP contribution in [0.5, 0.6) is 0 Å². The van der Waals surface area contributed by atoms with Crippen LogP contribution in [0, 0.1) is 11.3 Å². The van der Waals surface area contributed by atoms with Gasteiger partial charge in [0.05, 0.1) is 0 Å². The molecule has 0 aliphatic heterocycles. The number of carbonyl (C=O) groups excluding carboxylic acids is 1. The molecule has 0 unspecified atom stereocenters. The van der Waals surface area contributed by atoms with Gasteiger partial charge in [-0.2, -0.15) is 5.26 Å². The Morgan fingerprint density at radius 1 is 1.75 bits per heavy atom. The maximum atomic E-state index is 11.4. The van der Waals surface area contributed by atoms with Crippen LogP contribution in [0.4, 0.5) is 5.13 Å². The van der Waals surface area contributed by atoms with Crippen molar-refractivity contribution in [2.45, 2.75) is 0 Å². The first-order valence-corrected chi connectivity index (χ1v) is 5.80.